The van der Waals surface area contributed by atoms with Crippen LogP contribution in [0.5, 0.6) is 0 Å². The van der Waals surface area contributed by atoms with Crippen LogP contribution in [0, 0.1) is 12.3 Å². The molecular weight excluding hydrogens is 288 g/mol. The average molecular weight is 312 g/mol. The molecule has 0 atom stereocenters. The molecule has 0 aliphatic heterocycles. The number of aryl methyl sites for hydroxylation is 1. The van der Waals surface area contributed by atoms with Crippen molar-refractivity contribution in [2.45, 2.75) is 52.0 Å². The van der Waals surface area contributed by atoms with E-state index in [9.17, 15) is 14.7 Å². The number of nitrogens with zero attached hydrogens (tertiary/aromatic N) is 1. The predicted molar refractivity (Wildman–Crippen MR) is 83.5 cm³/mol. The SMILES string of the molecule is Cc1csc(=O)n1CCCC(=O)NCC1(CO)CCCC1. The van der Waals surface area contributed by atoms with Gasteiger partial charge in [0, 0.05) is 36.0 Å². The first-order chi connectivity index (χ1) is 10.1. The number of hydrogen-bond donors (Lipinski definition) is 2. The van der Waals surface area contributed by atoms with Crippen LogP contribution in [0.2, 0.25) is 0 Å². The summed E-state index contributed by atoms with van der Waals surface area (Å²) < 4.78 is 1.71. The van der Waals surface area contributed by atoms with Gasteiger partial charge in [-0.2, -0.15) is 0 Å². The van der Waals surface area contributed by atoms with E-state index < -0.39 is 0 Å². The third-order valence-electron chi connectivity index (χ3n) is 4.42. The van der Waals surface area contributed by atoms with E-state index in [0.29, 0.717) is 25.9 Å². The highest BCUT2D eigenvalue weighted by Gasteiger charge is 2.33. The molecule has 0 unspecified atom stereocenters. The molecule has 1 aliphatic carbocycles. The van der Waals surface area contributed by atoms with E-state index in [1.54, 1.807) is 4.57 Å². The largest absolute Gasteiger partial charge is 0.396 e. The van der Waals surface area contributed by atoms with Crippen LogP contribution in [0.1, 0.15) is 44.2 Å². The van der Waals surface area contributed by atoms with Crippen LogP contribution in [0.3, 0.4) is 0 Å². The van der Waals surface area contributed by atoms with Gasteiger partial charge in [0.25, 0.3) is 0 Å². The van der Waals surface area contributed by atoms with Crippen LogP contribution in [-0.2, 0) is 11.3 Å². The summed E-state index contributed by atoms with van der Waals surface area (Å²) in [5.41, 5.74) is 0.854. The van der Waals surface area contributed by atoms with Crippen LogP contribution >= 0.6 is 11.3 Å². The summed E-state index contributed by atoms with van der Waals surface area (Å²) in [6, 6.07) is 0. The molecule has 0 radical (unpaired) electrons. The molecule has 1 saturated carbocycles. The Kier molecular flexibility index (Phi) is 5.58. The van der Waals surface area contributed by atoms with E-state index in [-0.39, 0.29) is 22.8 Å². The Morgan fingerprint density at radius 1 is 1.48 bits per heavy atom. The molecule has 21 heavy (non-hydrogen) atoms. The minimum Gasteiger partial charge on any atom is -0.396 e. The lowest BCUT2D eigenvalue weighted by Gasteiger charge is -2.26. The number of carbonyl (C=O) groups excluding carboxylic acids is 1. The maximum Gasteiger partial charge on any atom is 0.307 e. The van der Waals surface area contributed by atoms with Gasteiger partial charge in [-0.3, -0.25) is 9.59 Å². The maximum atomic E-state index is 11.9. The van der Waals surface area contributed by atoms with Crippen LogP contribution in [-0.4, -0.2) is 28.7 Å². The van der Waals surface area contributed by atoms with Crippen molar-refractivity contribution in [1.29, 1.82) is 0 Å². The normalized spacial score (nSPS) is 17.0. The Morgan fingerprint density at radius 2 is 2.19 bits per heavy atom. The minimum atomic E-state index is -0.101. The maximum absolute atomic E-state index is 11.9. The number of aliphatic hydroxyl groups is 1. The second kappa shape index (κ2) is 7.22. The van der Waals surface area contributed by atoms with Gasteiger partial charge in [0.2, 0.25) is 5.91 Å². The summed E-state index contributed by atoms with van der Waals surface area (Å²) in [7, 11) is 0. The number of rotatable bonds is 7. The first kappa shape index (κ1) is 16.2. The van der Waals surface area contributed by atoms with Gasteiger partial charge in [-0.25, -0.2) is 0 Å². The molecule has 1 aromatic heterocycles. The first-order valence-corrected chi connectivity index (χ1v) is 8.47. The fourth-order valence-electron chi connectivity index (χ4n) is 2.96. The predicted octanol–water partition coefficient (Wildman–Crippen LogP) is 1.67. The highest BCUT2D eigenvalue weighted by molar-refractivity contribution is 7.07. The molecule has 0 aromatic carbocycles. The highest BCUT2D eigenvalue weighted by Crippen LogP contribution is 2.36. The third kappa shape index (κ3) is 4.17. The summed E-state index contributed by atoms with van der Waals surface area (Å²) in [5.74, 6) is 0.00987. The second-order valence-corrected chi connectivity index (χ2v) is 6.86. The van der Waals surface area contributed by atoms with Crippen molar-refractivity contribution in [1.82, 2.24) is 9.88 Å². The molecule has 0 saturated heterocycles. The molecule has 1 fully saturated rings. The second-order valence-electron chi connectivity index (χ2n) is 6.04. The summed E-state index contributed by atoms with van der Waals surface area (Å²) in [6.07, 6.45) is 5.34. The Hall–Kier alpha value is -1.14. The number of nitrogens with one attached hydrogen (secondary N) is 1. The Balaban J connectivity index is 1.72. The van der Waals surface area contributed by atoms with Crippen molar-refractivity contribution in [2.75, 3.05) is 13.2 Å². The fourth-order valence-corrected chi connectivity index (χ4v) is 3.72. The van der Waals surface area contributed by atoms with Gasteiger partial charge in [0.15, 0.2) is 0 Å². The summed E-state index contributed by atoms with van der Waals surface area (Å²) in [4.78, 5) is 23.5. The quantitative estimate of drug-likeness (QED) is 0.804. The van der Waals surface area contributed by atoms with Crippen LogP contribution in [0.4, 0.5) is 0 Å². The van der Waals surface area contributed by atoms with E-state index in [2.05, 4.69) is 5.32 Å². The minimum absolute atomic E-state index is 0.00987. The molecule has 5 nitrogen and oxygen atoms in total. The van der Waals surface area contributed by atoms with E-state index in [4.69, 9.17) is 0 Å². The van der Waals surface area contributed by atoms with Crippen molar-refractivity contribution in [3.8, 4) is 0 Å². The van der Waals surface area contributed by atoms with Crippen molar-refractivity contribution in [3.05, 3.63) is 20.7 Å². The molecular formula is C15H24N2O3S. The molecule has 6 heteroatoms. The Morgan fingerprint density at radius 3 is 2.76 bits per heavy atom. The van der Waals surface area contributed by atoms with E-state index in [1.165, 1.54) is 11.3 Å². The summed E-state index contributed by atoms with van der Waals surface area (Å²) in [5, 5.41) is 14.3. The molecule has 1 heterocycles. The van der Waals surface area contributed by atoms with Gasteiger partial charge >= 0.3 is 4.87 Å². The molecule has 118 valence electrons. The van der Waals surface area contributed by atoms with Crippen LogP contribution in [0.25, 0.3) is 0 Å². The number of hydrogen-bond acceptors (Lipinski definition) is 4. The zero-order valence-corrected chi connectivity index (χ0v) is 13.4. The van der Waals surface area contributed by atoms with E-state index in [0.717, 1.165) is 31.4 Å². The molecule has 1 aromatic rings. The van der Waals surface area contributed by atoms with Crippen molar-refractivity contribution >= 4 is 17.2 Å². The number of amides is 1. The monoisotopic (exact) mass is 312 g/mol. The lowest BCUT2D eigenvalue weighted by atomic mass is 9.87. The smallest absolute Gasteiger partial charge is 0.307 e. The molecule has 2 N–H and O–H groups in total. The van der Waals surface area contributed by atoms with E-state index >= 15 is 0 Å². The van der Waals surface area contributed by atoms with Gasteiger partial charge in [0.1, 0.15) is 0 Å². The standard InChI is InChI=1S/C15H24N2O3S/c1-12-9-21-14(20)17(12)8-4-5-13(19)16-10-15(11-18)6-2-3-7-15/h9,18H,2-8,10-11H2,1H3,(H,16,19). The zero-order valence-electron chi connectivity index (χ0n) is 12.6. The Labute approximate surface area is 129 Å². The number of aromatic nitrogens is 1. The van der Waals surface area contributed by atoms with Crippen molar-refractivity contribution in [2.24, 2.45) is 5.41 Å². The van der Waals surface area contributed by atoms with Gasteiger partial charge in [-0.15, -0.1) is 0 Å². The lowest BCUT2D eigenvalue weighted by molar-refractivity contribution is -0.121. The van der Waals surface area contributed by atoms with Crippen molar-refractivity contribution < 1.29 is 9.90 Å². The fraction of sp³-hybridized carbons (Fsp3) is 0.733. The van der Waals surface area contributed by atoms with Crippen molar-refractivity contribution in [3.63, 3.8) is 0 Å². The Bertz CT molecular complexity index is 529. The highest BCUT2D eigenvalue weighted by atomic mass is 32.1. The molecule has 0 spiro atoms. The molecule has 2 rings (SSSR count). The van der Waals surface area contributed by atoms with Gasteiger partial charge in [-0.1, -0.05) is 24.2 Å². The van der Waals surface area contributed by atoms with Crippen LogP contribution in [0.15, 0.2) is 10.2 Å². The summed E-state index contributed by atoms with van der Waals surface area (Å²) >= 11 is 1.20. The zero-order chi connectivity index (χ0) is 15.3. The average Bonchev–Trinajstić information content (AvgIpc) is 3.07. The third-order valence-corrected chi connectivity index (χ3v) is 5.30. The topological polar surface area (TPSA) is 71.3 Å². The van der Waals surface area contributed by atoms with Gasteiger partial charge in [-0.05, 0) is 26.2 Å². The number of carbonyl (C=O) groups is 1. The summed E-state index contributed by atoms with van der Waals surface area (Å²) in [6.45, 7) is 3.21. The molecule has 1 aliphatic rings. The van der Waals surface area contributed by atoms with Crippen LogP contribution < -0.4 is 10.2 Å². The lowest BCUT2D eigenvalue weighted by Crippen LogP contribution is -2.38. The number of aliphatic hydroxyl groups excluding tert-OH is 1. The molecule has 1 amide bonds. The van der Waals surface area contributed by atoms with Gasteiger partial charge in [0.05, 0.1) is 6.61 Å². The first-order valence-electron chi connectivity index (χ1n) is 7.59. The molecule has 0 bridgehead atoms. The number of thiazole rings is 1. The van der Waals surface area contributed by atoms with Gasteiger partial charge < -0.3 is 15.0 Å². The van der Waals surface area contributed by atoms with E-state index in [1.807, 2.05) is 12.3 Å².